The Kier molecular flexibility index (Phi) is 2.79. The van der Waals surface area contributed by atoms with Gasteiger partial charge in [0.25, 0.3) is 0 Å². The molecule has 0 saturated carbocycles. The minimum Gasteiger partial charge on any atom is -0.357 e. The first-order chi connectivity index (χ1) is 9.41. The van der Waals surface area contributed by atoms with Gasteiger partial charge < -0.3 is 10.6 Å². The summed E-state index contributed by atoms with van der Waals surface area (Å²) in [5.41, 5.74) is 10.3. The van der Waals surface area contributed by atoms with Crippen molar-refractivity contribution in [3.05, 3.63) is 45.1 Å². The fourth-order valence-corrected chi connectivity index (χ4v) is 3.02. The lowest BCUT2D eigenvalue weighted by atomic mass is 9.94. The first kappa shape index (κ1) is 13.0. The van der Waals surface area contributed by atoms with Gasteiger partial charge in [-0.2, -0.15) is 0 Å². The van der Waals surface area contributed by atoms with Crippen molar-refractivity contribution in [3.63, 3.8) is 0 Å². The Morgan fingerprint density at radius 3 is 1.25 bits per heavy atom. The number of fused-ring (bicyclic) bond motifs is 3. The Morgan fingerprint density at radius 2 is 0.900 bits per heavy atom. The Balaban J connectivity index is 2.41. The van der Waals surface area contributed by atoms with Crippen molar-refractivity contribution in [2.45, 2.75) is 41.5 Å². The monoisotopic (exact) mass is 266 g/mol. The van der Waals surface area contributed by atoms with E-state index in [0.717, 1.165) is 0 Å². The third-order valence-electron chi connectivity index (χ3n) is 4.89. The molecule has 0 bridgehead atoms. The first-order valence-electron chi connectivity index (χ1n) is 7.16. The van der Waals surface area contributed by atoms with Crippen LogP contribution in [0.2, 0.25) is 0 Å². The van der Waals surface area contributed by atoms with E-state index >= 15 is 0 Å². The molecule has 1 aromatic carbocycles. The molecule has 0 saturated heterocycles. The SMILES string of the molecule is CC1=C(C)C(C)=c2ccc3c(c2N1)NC(C)=C(C)C=3C. The highest BCUT2D eigenvalue weighted by Gasteiger charge is 2.19. The second kappa shape index (κ2) is 4.27. The van der Waals surface area contributed by atoms with Crippen LogP contribution in [0.25, 0.3) is 11.1 Å². The Hall–Kier alpha value is -1.96. The van der Waals surface area contributed by atoms with E-state index in [2.05, 4.69) is 64.3 Å². The van der Waals surface area contributed by atoms with Gasteiger partial charge in [0.15, 0.2) is 0 Å². The molecule has 2 aliphatic rings. The van der Waals surface area contributed by atoms with Crippen LogP contribution in [0.4, 0.5) is 11.4 Å². The molecule has 3 rings (SSSR count). The van der Waals surface area contributed by atoms with E-state index in [0.29, 0.717) is 0 Å². The molecule has 0 fully saturated rings. The van der Waals surface area contributed by atoms with Crippen molar-refractivity contribution < 1.29 is 0 Å². The maximum atomic E-state index is 3.58. The predicted molar refractivity (Wildman–Crippen MR) is 87.8 cm³/mol. The molecule has 2 heteroatoms. The molecule has 0 spiro atoms. The Morgan fingerprint density at radius 1 is 0.550 bits per heavy atom. The van der Waals surface area contributed by atoms with Gasteiger partial charge >= 0.3 is 0 Å². The molecule has 2 aliphatic heterocycles. The molecule has 0 unspecified atom stereocenters. The topological polar surface area (TPSA) is 24.1 Å². The summed E-state index contributed by atoms with van der Waals surface area (Å²) in [5.74, 6) is 0. The highest BCUT2D eigenvalue weighted by Crippen LogP contribution is 2.29. The number of allylic oxidation sites excluding steroid dienone is 4. The van der Waals surface area contributed by atoms with E-state index in [9.17, 15) is 0 Å². The zero-order valence-electron chi connectivity index (χ0n) is 13.2. The fraction of sp³-hybridized carbons (Fsp3) is 0.333. The van der Waals surface area contributed by atoms with Crippen LogP contribution in [0, 0.1) is 0 Å². The van der Waals surface area contributed by atoms with E-state index in [-0.39, 0.29) is 0 Å². The number of anilines is 2. The van der Waals surface area contributed by atoms with E-state index in [4.69, 9.17) is 0 Å². The highest BCUT2D eigenvalue weighted by molar-refractivity contribution is 5.86. The normalized spacial score (nSPS) is 17.7. The van der Waals surface area contributed by atoms with Crippen molar-refractivity contribution in [3.8, 4) is 0 Å². The quantitative estimate of drug-likeness (QED) is 0.751. The number of benzene rings is 1. The van der Waals surface area contributed by atoms with Crippen molar-refractivity contribution >= 4 is 22.5 Å². The summed E-state index contributed by atoms with van der Waals surface area (Å²) in [6.07, 6.45) is 0. The summed E-state index contributed by atoms with van der Waals surface area (Å²) in [7, 11) is 0. The Bertz CT molecular complexity index is 736. The average molecular weight is 266 g/mol. The molecule has 2 heterocycles. The summed E-state index contributed by atoms with van der Waals surface area (Å²) in [6.45, 7) is 13.1. The molecule has 0 amide bonds. The summed E-state index contributed by atoms with van der Waals surface area (Å²) in [5, 5.41) is 9.78. The van der Waals surface area contributed by atoms with Crippen LogP contribution in [-0.2, 0) is 0 Å². The average Bonchev–Trinajstić information content (AvgIpc) is 2.42. The molecule has 2 nitrogen and oxygen atoms in total. The van der Waals surface area contributed by atoms with Gasteiger partial charge in [0.2, 0.25) is 0 Å². The smallest absolute Gasteiger partial charge is 0.0703 e. The van der Waals surface area contributed by atoms with Gasteiger partial charge in [0.05, 0.1) is 11.4 Å². The van der Waals surface area contributed by atoms with Crippen LogP contribution in [0.5, 0.6) is 0 Å². The van der Waals surface area contributed by atoms with E-state index < -0.39 is 0 Å². The maximum absolute atomic E-state index is 3.58. The highest BCUT2D eigenvalue weighted by atomic mass is 15.0. The van der Waals surface area contributed by atoms with Crippen LogP contribution in [0.1, 0.15) is 41.5 Å². The van der Waals surface area contributed by atoms with Crippen LogP contribution in [0.15, 0.2) is 34.7 Å². The molecule has 0 aromatic heterocycles. The second-order valence-corrected chi connectivity index (χ2v) is 5.91. The van der Waals surface area contributed by atoms with Gasteiger partial charge in [0.1, 0.15) is 0 Å². The molecular formula is C18H22N2. The number of rotatable bonds is 0. The number of hydrogen-bond acceptors (Lipinski definition) is 2. The predicted octanol–water partition coefficient (Wildman–Crippen LogP) is 3.47. The van der Waals surface area contributed by atoms with Gasteiger partial charge in [-0.1, -0.05) is 12.1 Å². The zero-order chi connectivity index (χ0) is 14.6. The van der Waals surface area contributed by atoms with Crippen LogP contribution >= 0.6 is 0 Å². The molecular weight excluding hydrogens is 244 g/mol. The summed E-state index contributed by atoms with van der Waals surface area (Å²) < 4.78 is 0. The molecule has 104 valence electrons. The van der Waals surface area contributed by atoms with Gasteiger partial charge in [-0.25, -0.2) is 0 Å². The minimum atomic E-state index is 1.22. The molecule has 20 heavy (non-hydrogen) atoms. The third-order valence-corrected chi connectivity index (χ3v) is 4.89. The van der Waals surface area contributed by atoms with Crippen molar-refractivity contribution in [1.29, 1.82) is 0 Å². The van der Waals surface area contributed by atoms with Crippen molar-refractivity contribution in [2.24, 2.45) is 0 Å². The van der Waals surface area contributed by atoms with E-state index in [1.165, 1.54) is 55.5 Å². The first-order valence-corrected chi connectivity index (χ1v) is 7.16. The van der Waals surface area contributed by atoms with Crippen molar-refractivity contribution in [1.82, 2.24) is 0 Å². The lowest BCUT2D eigenvalue weighted by molar-refractivity contribution is 1.20. The lowest BCUT2D eigenvalue weighted by Gasteiger charge is -2.26. The zero-order valence-corrected chi connectivity index (χ0v) is 13.2. The van der Waals surface area contributed by atoms with E-state index in [1.807, 2.05) is 0 Å². The standard InChI is InChI=1S/C18H22N2/c1-9-11(3)15-7-8-16-12(4)10(2)14(6)20-18(16)17(15)19-13(9)5/h7-8,19-20H,1-6H3. The number of hydrogen-bond donors (Lipinski definition) is 2. The van der Waals surface area contributed by atoms with Crippen molar-refractivity contribution in [2.75, 3.05) is 10.6 Å². The second-order valence-electron chi connectivity index (χ2n) is 5.91. The molecule has 0 radical (unpaired) electrons. The molecule has 0 atom stereocenters. The molecule has 0 aliphatic carbocycles. The van der Waals surface area contributed by atoms with Crippen LogP contribution in [0.3, 0.4) is 0 Å². The largest absolute Gasteiger partial charge is 0.357 e. The summed E-state index contributed by atoms with van der Waals surface area (Å²) >= 11 is 0. The Labute approximate surface area is 120 Å². The molecule has 1 aromatic rings. The number of nitrogens with one attached hydrogen (secondary N) is 2. The van der Waals surface area contributed by atoms with Gasteiger partial charge in [-0.05, 0) is 63.8 Å². The lowest BCUT2D eigenvalue weighted by Crippen LogP contribution is -2.28. The van der Waals surface area contributed by atoms with Gasteiger partial charge in [0, 0.05) is 21.8 Å². The fourth-order valence-electron chi connectivity index (χ4n) is 3.02. The van der Waals surface area contributed by atoms with Gasteiger partial charge in [-0.15, -0.1) is 0 Å². The van der Waals surface area contributed by atoms with Crippen LogP contribution in [-0.4, -0.2) is 0 Å². The minimum absolute atomic E-state index is 1.22. The van der Waals surface area contributed by atoms with Gasteiger partial charge in [-0.3, -0.25) is 0 Å². The maximum Gasteiger partial charge on any atom is 0.0703 e. The summed E-state index contributed by atoms with van der Waals surface area (Å²) in [4.78, 5) is 0. The van der Waals surface area contributed by atoms with Crippen LogP contribution < -0.4 is 21.1 Å². The summed E-state index contributed by atoms with van der Waals surface area (Å²) in [6, 6.07) is 4.48. The van der Waals surface area contributed by atoms with E-state index in [1.54, 1.807) is 0 Å². The molecule has 2 N–H and O–H groups in total. The third kappa shape index (κ3) is 1.64.